The van der Waals surface area contributed by atoms with Crippen LogP contribution in [-0.2, 0) is 9.53 Å². The molecular formula is C13H24N2O2. The molecule has 3 unspecified atom stereocenters. The lowest BCUT2D eigenvalue weighted by molar-refractivity contribution is -0.133. The zero-order valence-corrected chi connectivity index (χ0v) is 11.1. The molecule has 17 heavy (non-hydrogen) atoms. The summed E-state index contributed by atoms with van der Waals surface area (Å²) in [6, 6.07) is 0.280. The molecule has 0 radical (unpaired) electrons. The van der Waals surface area contributed by atoms with E-state index in [2.05, 4.69) is 31.0 Å². The summed E-state index contributed by atoms with van der Waals surface area (Å²) in [5.74, 6) is 0.628. The van der Waals surface area contributed by atoms with Crippen molar-refractivity contribution in [2.75, 3.05) is 13.2 Å². The van der Waals surface area contributed by atoms with E-state index >= 15 is 0 Å². The van der Waals surface area contributed by atoms with Gasteiger partial charge in [-0.15, -0.1) is 0 Å². The normalized spacial score (nSPS) is 34.0. The highest BCUT2D eigenvalue weighted by Crippen LogP contribution is 2.25. The summed E-state index contributed by atoms with van der Waals surface area (Å²) in [6.45, 7) is 7.87. The van der Waals surface area contributed by atoms with Crippen molar-refractivity contribution >= 4 is 5.91 Å². The van der Waals surface area contributed by atoms with Crippen LogP contribution in [0.4, 0.5) is 0 Å². The van der Waals surface area contributed by atoms with Crippen LogP contribution in [0.2, 0.25) is 0 Å². The highest BCUT2D eigenvalue weighted by atomic mass is 16.5. The van der Waals surface area contributed by atoms with E-state index in [4.69, 9.17) is 4.74 Å². The van der Waals surface area contributed by atoms with Gasteiger partial charge < -0.3 is 9.64 Å². The largest absolute Gasteiger partial charge is 0.379 e. The number of carbonyl (C=O) groups excluding carboxylic acids is 1. The highest BCUT2D eigenvalue weighted by Gasteiger charge is 2.43. The van der Waals surface area contributed by atoms with Crippen LogP contribution >= 0.6 is 0 Å². The number of hydrogen-bond acceptors (Lipinski definition) is 3. The van der Waals surface area contributed by atoms with Crippen molar-refractivity contribution in [2.45, 2.75) is 58.3 Å². The second kappa shape index (κ2) is 5.36. The maximum atomic E-state index is 12.4. The second-order valence-electron chi connectivity index (χ2n) is 5.46. The van der Waals surface area contributed by atoms with Crippen LogP contribution in [-0.4, -0.2) is 42.3 Å². The van der Waals surface area contributed by atoms with E-state index in [0.717, 1.165) is 25.9 Å². The number of nitrogens with one attached hydrogen (secondary N) is 1. The zero-order chi connectivity index (χ0) is 12.4. The first-order valence-electron chi connectivity index (χ1n) is 6.81. The molecule has 4 heteroatoms. The van der Waals surface area contributed by atoms with Crippen LogP contribution in [0, 0.1) is 5.92 Å². The van der Waals surface area contributed by atoms with Gasteiger partial charge in [0.1, 0.15) is 0 Å². The van der Waals surface area contributed by atoms with Crippen LogP contribution in [0.25, 0.3) is 0 Å². The smallest absolute Gasteiger partial charge is 0.241 e. The Hall–Kier alpha value is -0.610. The number of carbonyl (C=O) groups is 1. The molecule has 2 aliphatic rings. The maximum Gasteiger partial charge on any atom is 0.241 e. The Bertz CT molecular complexity index is 275. The lowest BCUT2D eigenvalue weighted by Gasteiger charge is -2.29. The molecule has 2 rings (SSSR count). The molecule has 0 aromatic rings. The summed E-state index contributed by atoms with van der Waals surface area (Å²) >= 11 is 0. The van der Waals surface area contributed by atoms with Gasteiger partial charge in [-0.3, -0.25) is 10.1 Å². The van der Waals surface area contributed by atoms with Gasteiger partial charge in [-0.1, -0.05) is 27.2 Å². The standard InChI is InChI=1S/C13H24N2O2/c1-4-5-11-14-12(9(2)3)13(16)15(11)10-6-7-17-8-10/h9-12,14H,4-8H2,1-3H3. The van der Waals surface area contributed by atoms with Gasteiger partial charge in [0, 0.05) is 6.61 Å². The van der Waals surface area contributed by atoms with Crippen LogP contribution in [0.1, 0.15) is 40.0 Å². The molecule has 3 atom stereocenters. The number of amides is 1. The summed E-state index contributed by atoms with van der Waals surface area (Å²) in [6.07, 6.45) is 3.33. The minimum Gasteiger partial charge on any atom is -0.379 e. The third-order valence-electron chi connectivity index (χ3n) is 3.76. The summed E-state index contributed by atoms with van der Waals surface area (Å²) in [4.78, 5) is 14.5. The average Bonchev–Trinajstić information content (AvgIpc) is 2.86. The fourth-order valence-corrected chi connectivity index (χ4v) is 2.82. The Kier molecular flexibility index (Phi) is 4.05. The van der Waals surface area contributed by atoms with Crippen molar-refractivity contribution < 1.29 is 9.53 Å². The lowest BCUT2D eigenvalue weighted by Crippen LogP contribution is -2.45. The first kappa shape index (κ1) is 12.8. The fourth-order valence-electron chi connectivity index (χ4n) is 2.82. The summed E-state index contributed by atoms with van der Waals surface area (Å²) < 4.78 is 5.42. The van der Waals surface area contributed by atoms with Crippen molar-refractivity contribution in [1.82, 2.24) is 10.2 Å². The van der Waals surface area contributed by atoms with E-state index < -0.39 is 0 Å². The predicted molar refractivity (Wildman–Crippen MR) is 66.5 cm³/mol. The van der Waals surface area contributed by atoms with E-state index in [1.807, 2.05) is 0 Å². The molecule has 0 aromatic carbocycles. The highest BCUT2D eigenvalue weighted by molar-refractivity contribution is 5.85. The van der Waals surface area contributed by atoms with E-state index in [1.54, 1.807) is 0 Å². The molecule has 0 aliphatic carbocycles. The molecule has 98 valence electrons. The number of hydrogen-bond donors (Lipinski definition) is 1. The first-order valence-corrected chi connectivity index (χ1v) is 6.81. The van der Waals surface area contributed by atoms with Crippen LogP contribution in [0.15, 0.2) is 0 Å². The zero-order valence-electron chi connectivity index (χ0n) is 11.1. The van der Waals surface area contributed by atoms with Crippen molar-refractivity contribution in [3.05, 3.63) is 0 Å². The summed E-state index contributed by atoms with van der Waals surface area (Å²) in [7, 11) is 0. The van der Waals surface area contributed by atoms with Gasteiger partial charge in [0.2, 0.25) is 5.91 Å². The van der Waals surface area contributed by atoms with Crippen LogP contribution in [0.3, 0.4) is 0 Å². The molecule has 2 aliphatic heterocycles. The molecule has 2 fully saturated rings. The molecule has 1 N–H and O–H groups in total. The van der Waals surface area contributed by atoms with Crippen molar-refractivity contribution in [3.63, 3.8) is 0 Å². The molecule has 0 spiro atoms. The minimum absolute atomic E-state index is 0.00727. The van der Waals surface area contributed by atoms with Gasteiger partial charge >= 0.3 is 0 Å². The Morgan fingerprint density at radius 3 is 2.82 bits per heavy atom. The molecule has 4 nitrogen and oxygen atoms in total. The third kappa shape index (κ3) is 2.47. The molecule has 0 bridgehead atoms. The topological polar surface area (TPSA) is 41.6 Å². The van der Waals surface area contributed by atoms with Gasteiger partial charge in [-0.2, -0.15) is 0 Å². The number of rotatable bonds is 4. The van der Waals surface area contributed by atoms with Crippen LogP contribution in [0.5, 0.6) is 0 Å². The third-order valence-corrected chi connectivity index (χ3v) is 3.76. The van der Waals surface area contributed by atoms with Gasteiger partial charge in [-0.25, -0.2) is 0 Å². The Morgan fingerprint density at radius 2 is 2.29 bits per heavy atom. The van der Waals surface area contributed by atoms with Crippen LogP contribution < -0.4 is 5.32 Å². The minimum atomic E-state index is -0.00727. The molecule has 2 saturated heterocycles. The molecule has 0 aromatic heterocycles. The summed E-state index contributed by atoms with van der Waals surface area (Å²) in [5, 5.41) is 3.49. The molecule has 0 saturated carbocycles. The van der Waals surface area contributed by atoms with Crippen molar-refractivity contribution in [3.8, 4) is 0 Å². The fraction of sp³-hybridized carbons (Fsp3) is 0.923. The van der Waals surface area contributed by atoms with Gasteiger partial charge in [0.05, 0.1) is 24.9 Å². The Morgan fingerprint density at radius 1 is 1.53 bits per heavy atom. The maximum absolute atomic E-state index is 12.4. The summed E-state index contributed by atoms with van der Waals surface area (Å²) in [5.41, 5.74) is 0. The van der Waals surface area contributed by atoms with E-state index in [1.165, 1.54) is 0 Å². The van der Waals surface area contributed by atoms with Crippen molar-refractivity contribution in [1.29, 1.82) is 0 Å². The molecule has 1 amide bonds. The van der Waals surface area contributed by atoms with E-state index in [-0.39, 0.29) is 24.2 Å². The van der Waals surface area contributed by atoms with E-state index in [0.29, 0.717) is 12.5 Å². The van der Waals surface area contributed by atoms with Gasteiger partial charge in [0.25, 0.3) is 0 Å². The molecular weight excluding hydrogens is 216 g/mol. The van der Waals surface area contributed by atoms with E-state index in [9.17, 15) is 4.79 Å². The monoisotopic (exact) mass is 240 g/mol. The number of ether oxygens (including phenoxy) is 1. The van der Waals surface area contributed by atoms with Gasteiger partial charge in [0.15, 0.2) is 0 Å². The SMILES string of the molecule is CCCC1NC(C(C)C)C(=O)N1C1CCOC1. The Balaban J connectivity index is 2.11. The predicted octanol–water partition coefficient (Wildman–Crippen LogP) is 1.36. The van der Waals surface area contributed by atoms with Crippen molar-refractivity contribution in [2.24, 2.45) is 5.92 Å². The number of nitrogens with zero attached hydrogens (tertiary/aromatic N) is 1. The molecule has 2 heterocycles. The Labute approximate surface area is 104 Å². The second-order valence-corrected chi connectivity index (χ2v) is 5.46. The lowest BCUT2D eigenvalue weighted by atomic mass is 10.0. The average molecular weight is 240 g/mol. The van der Waals surface area contributed by atoms with Gasteiger partial charge in [-0.05, 0) is 18.8 Å². The first-order chi connectivity index (χ1) is 8.15. The quantitative estimate of drug-likeness (QED) is 0.806.